The van der Waals surface area contributed by atoms with Gasteiger partial charge in [0, 0.05) is 48.6 Å². The summed E-state index contributed by atoms with van der Waals surface area (Å²) in [6.45, 7) is 6.42. The second kappa shape index (κ2) is 8.96. The molecule has 1 saturated carbocycles. The Bertz CT molecular complexity index is 1100. The lowest BCUT2D eigenvalue weighted by Crippen LogP contribution is -2.47. The van der Waals surface area contributed by atoms with Crippen molar-refractivity contribution in [1.82, 2.24) is 14.7 Å². The SMILES string of the molecule is CCc1c(C(=O)Nc2ccc(N3CCN(C4CC4)CC3)cc2)cnn1-c1cccc(Cl)c1. The van der Waals surface area contributed by atoms with Crippen LogP contribution in [0.25, 0.3) is 5.69 Å². The number of nitrogens with one attached hydrogen (secondary N) is 1. The minimum absolute atomic E-state index is 0.152. The predicted molar refractivity (Wildman–Crippen MR) is 129 cm³/mol. The number of piperazine rings is 1. The van der Waals surface area contributed by atoms with Crippen LogP contribution in [-0.2, 0) is 6.42 Å². The lowest BCUT2D eigenvalue weighted by atomic mass is 10.1. The van der Waals surface area contributed by atoms with Crippen molar-refractivity contribution in [2.24, 2.45) is 0 Å². The molecular formula is C25H28ClN5O. The van der Waals surface area contributed by atoms with Crippen LogP contribution in [-0.4, -0.2) is 52.8 Å². The molecule has 0 radical (unpaired) electrons. The van der Waals surface area contributed by atoms with Gasteiger partial charge in [0.1, 0.15) is 0 Å². The molecule has 3 aromatic rings. The summed E-state index contributed by atoms with van der Waals surface area (Å²) in [5.41, 5.74) is 4.27. The molecule has 2 fully saturated rings. The van der Waals surface area contributed by atoms with E-state index in [9.17, 15) is 4.79 Å². The number of carbonyl (C=O) groups is 1. The van der Waals surface area contributed by atoms with Crippen molar-refractivity contribution in [1.29, 1.82) is 0 Å². The highest BCUT2D eigenvalue weighted by Crippen LogP contribution is 2.29. The van der Waals surface area contributed by atoms with Crippen LogP contribution < -0.4 is 10.2 Å². The molecular weight excluding hydrogens is 422 g/mol. The number of nitrogens with zero attached hydrogens (tertiary/aromatic N) is 4. The van der Waals surface area contributed by atoms with E-state index in [0.717, 1.165) is 49.3 Å². The van der Waals surface area contributed by atoms with E-state index >= 15 is 0 Å². The molecule has 166 valence electrons. The van der Waals surface area contributed by atoms with Crippen molar-refractivity contribution >= 4 is 28.9 Å². The lowest BCUT2D eigenvalue weighted by Gasteiger charge is -2.36. The number of amides is 1. The number of benzene rings is 2. The quantitative estimate of drug-likeness (QED) is 0.596. The molecule has 1 aliphatic carbocycles. The van der Waals surface area contributed by atoms with E-state index in [2.05, 4.69) is 32.3 Å². The number of hydrogen-bond acceptors (Lipinski definition) is 4. The number of halogens is 1. The Balaban J connectivity index is 1.26. The van der Waals surface area contributed by atoms with Gasteiger partial charge in [0.15, 0.2) is 0 Å². The molecule has 5 rings (SSSR count). The Labute approximate surface area is 193 Å². The number of rotatable bonds is 6. The summed E-state index contributed by atoms with van der Waals surface area (Å²) in [7, 11) is 0. The zero-order valence-corrected chi connectivity index (χ0v) is 19.1. The smallest absolute Gasteiger partial charge is 0.259 e. The van der Waals surface area contributed by atoms with Crippen LogP contribution in [0.4, 0.5) is 11.4 Å². The molecule has 1 aliphatic heterocycles. The van der Waals surface area contributed by atoms with Crippen LogP contribution in [0, 0.1) is 0 Å². The Morgan fingerprint density at radius 3 is 2.47 bits per heavy atom. The summed E-state index contributed by atoms with van der Waals surface area (Å²) in [4.78, 5) is 18.0. The second-order valence-corrected chi connectivity index (χ2v) is 8.94. The highest BCUT2D eigenvalue weighted by atomic mass is 35.5. The van der Waals surface area contributed by atoms with Gasteiger partial charge >= 0.3 is 0 Å². The average molecular weight is 450 g/mol. The van der Waals surface area contributed by atoms with Gasteiger partial charge in [-0.2, -0.15) is 5.10 Å². The molecule has 6 nitrogen and oxygen atoms in total. The molecule has 1 aromatic heterocycles. The fourth-order valence-corrected chi connectivity index (χ4v) is 4.66. The fraction of sp³-hybridized carbons (Fsp3) is 0.360. The summed E-state index contributed by atoms with van der Waals surface area (Å²) >= 11 is 6.13. The molecule has 1 amide bonds. The summed E-state index contributed by atoms with van der Waals surface area (Å²) in [5.74, 6) is -0.152. The van der Waals surface area contributed by atoms with Crippen molar-refractivity contribution < 1.29 is 4.79 Å². The minimum Gasteiger partial charge on any atom is -0.369 e. The third-order valence-corrected chi connectivity index (χ3v) is 6.60. The van der Waals surface area contributed by atoms with Crippen LogP contribution in [0.5, 0.6) is 0 Å². The molecule has 0 spiro atoms. The number of anilines is 2. The van der Waals surface area contributed by atoms with Crippen molar-refractivity contribution in [3.05, 3.63) is 71.0 Å². The molecule has 1 saturated heterocycles. The Kier molecular flexibility index (Phi) is 5.89. The van der Waals surface area contributed by atoms with Gasteiger partial charge in [-0.3, -0.25) is 9.69 Å². The average Bonchev–Trinajstić information content (AvgIpc) is 3.58. The first-order valence-electron chi connectivity index (χ1n) is 11.4. The third-order valence-electron chi connectivity index (χ3n) is 6.37. The monoisotopic (exact) mass is 449 g/mol. The van der Waals surface area contributed by atoms with Crippen LogP contribution in [0.1, 0.15) is 35.8 Å². The molecule has 2 aromatic carbocycles. The number of hydrogen-bond donors (Lipinski definition) is 1. The van der Waals surface area contributed by atoms with Crippen LogP contribution in [0.2, 0.25) is 5.02 Å². The van der Waals surface area contributed by atoms with Crippen molar-refractivity contribution in [3.63, 3.8) is 0 Å². The first-order chi connectivity index (χ1) is 15.6. The van der Waals surface area contributed by atoms with Crippen LogP contribution in [0.3, 0.4) is 0 Å². The van der Waals surface area contributed by atoms with Gasteiger partial charge in [-0.15, -0.1) is 0 Å². The van der Waals surface area contributed by atoms with E-state index in [1.807, 2.05) is 43.3 Å². The van der Waals surface area contributed by atoms with Crippen LogP contribution >= 0.6 is 11.6 Å². The molecule has 0 bridgehead atoms. The number of aromatic nitrogens is 2. The highest BCUT2D eigenvalue weighted by molar-refractivity contribution is 6.30. The van der Waals surface area contributed by atoms with Gasteiger partial charge < -0.3 is 10.2 Å². The van der Waals surface area contributed by atoms with Crippen molar-refractivity contribution in [2.75, 3.05) is 36.4 Å². The van der Waals surface area contributed by atoms with Crippen LogP contribution in [0.15, 0.2) is 54.7 Å². The highest BCUT2D eigenvalue weighted by Gasteiger charge is 2.31. The summed E-state index contributed by atoms with van der Waals surface area (Å²) < 4.78 is 1.78. The summed E-state index contributed by atoms with van der Waals surface area (Å²) in [6.07, 6.45) is 5.04. The second-order valence-electron chi connectivity index (χ2n) is 8.51. The maximum absolute atomic E-state index is 13.0. The maximum atomic E-state index is 13.0. The Morgan fingerprint density at radius 2 is 1.81 bits per heavy atom. The van der Waals surface area contributed by atoms with Gasteiger partial charge in [0.05, 0.1) is 23.1 Å². The van der Waals surface area contributed by atoms with Crippen molar-refractivity contribution in [2.45, 2.75) is 32.2 Å². The topological polar surface area (TPSA) is 53.4 Å². The van der Waals surface area contributed by atoms with Crippen molar-refractivity contribution in [3.8, 4) is 5.69 Å². The van der Waals surface area contributed by atoms with Gasteiger partial charge in [-0.05, 0) is 61.7 Å². The lowest BCUT2D eigenvalue weighted by molar-refractivity contribution is 0.102. The number of carbonyl (C=O) groups excluding carboxylic acids is 1. The van der Waals surface area contributed by atoms with Gasteiger partial charge in [0.2, 0.25) is 0 Å². The van der Waals surface area contributed by atoms with E-state index in [-0.39, 0.29) is 5.91 Å². The van der Waals surface area contributed by atoms with Gasteiger partial charge in [-0.1, -0.05) is 24.6 Å². The Morgan fingerprint density at radius 1 is 1.06 bits per heavy atom. The molecule has 2 heterocycles. The largest absolute Gasteiger partial charge is 0.369 e. The van der Waals surface area contributed by atoms with Gasteiger partial charge in [0.25, 0.3) is 5.91 Å². The standard InChI is InChI=1S/C25H28ClN5O/c1-2-24-23(17-27-31(24)22-5-3-4-18(26)16-22)25(32)28-19-6-8-20(9-7-19)29-12-14-30(15-13-29)21-10-11-21/h3-9,16-17,21H,2,10-15H2,1H3,(H,28,32). The fourth-order valence-electron chi connectivity index (χ4n) is 4.47. The summed E-state index contributed by atoms with van der Waals surface area (Å²) in [5, 5.41) is 8.11. The Hall–Kier alpha value is -2.83. The third kappa shape index (κ3) is 4.38. The molecule has 32 heavy (non-hydrogen) atoms. The molecule has 1 N–H and O–H groups in total. The van der Waals surface area contributed by atoms with E-state index in [0.29, 0.717) is 17.0 Å². The molecule has 7 heteroatoms. The minimum atomic E-state index is -0.152. The molecule has 0 atom stereocenters. The first kappa shape index (κ1) is 21.0. The van der Waals surface area contributed by atoms with E-state index in [4.69, 9.17) is 11.6 Å². The normalized spacial score (nSPS) is 16.9. The maximum Gasteiger partial charge on any atom is 0.259 e. The zero-order valence-electron chi connectivity index (χ0n) is 18.3. The summed E-state index contributed by atoms with van der Waals surface area (Å²) in [6, 6.07) is 16.5. The first-order valence-corrected chi connectivity index (χ1v) is 11.7. The van der Waals surface area contributed by atoms with E-state index < -0.39 is 0 Å². The van der Waals surface area contributed by atoms with E-state index in [1.165, 1.54) is 18.5 Å². The van der Waals surface area contributed by atoms with E-state index in [1.54, 1.807) is 10.9 Å². The predicted octanol–water partition coefficient (Wildman–Crippen LogP) is 4.62. The zero-order chi connectivity index (χ0) is 22.1. The molecule has 2 aliphatic rings. The van der Waals surface area contributed by atoms with Gasteiger partial charge in [-0.25, -0.2) is 4.68 Å². The molecule has 0 unspecified atom stereocenters.